The van der Waals surface area contributed by atoms with Gasteiger partial charge in [0.2, 0.25) is 5.78 Å². The van der Waals surface area contributed by atoms with Gasteiger partial charge in [0.15, 0.2) is 0 Å². The first-order chi connectivity index (χ1) is 15.2. The van der Waals surface area contributed by atoms with Crippen molar-refractivity contribution in [2.75, 3.05) is 26.7 Å². The summed E-state index contributed by atoms with van der Waals surface area (Å²) in [4.78, 5) is 29.0. The summed E-state index contributed by atoms with van der Waals surface area (Å²) < 4.78 is 5.28. The number of nitrogens with zero attached hydrogens (tertiary/aromatic N) is 1. The lowest BCUT2D eigenvalue weighted by molar-refractivity contribution is 0.0928. The van der Waals surface area contributed by atoms with E-state index in [1.54, 1.807) is 37.4 Å². The van der Waals surface area contributed by atoms with Crippen molar-refractivity contribution in [3.8, 4) is 5.75 Å². The molecule has 2 aromatic carbocycles. The topological polar surface area (TPSA) is 58.6 Å². The van der Waals surface area contributed by atoms with Gasteiger partial charge in [0.05, 0.1) is 23.6 Å². The third kappa shape index (κ3) is 4.86. The molecule has 4 rings (SSSR count). The molecule has 0 radical (unpaired) electrons. The number of ketones is 1. The zero-order valence-electron chi connectivity index (χ0n) is 17.5. The van der Waals surface area contributed by atoms with Gasteiger partial charge in [0.25, 0.3) is 5.91 Å². The van der Waals surface area contributed by atoms with Crippen molar-refractivity contribution in [1.29, 1.82) is 0 Å². The molecular formula is C25H26N2O3S. The van der Waals surface area contributed by atoms with Gasteiger partial charge in [-0.05, 0) is 61.1 Å². The smallest absolute Gasteiger partial charge is 0.252 e. The summed E-state index contributed by atoms with van der Waals surface area (Å²) in [7, 11) is 1.65. The Balaban J connectivity index is 1.52. The maximum absolute atomic E-state index is 13.1. The quantitative estimate of drug-likeness (QED) is 0.528. The zero-order chi connectivity index (χ0) is 21.6. The lowest BCUT2D eigenvalue weighted by atomic mass is 10.0. The fourth-order valence-corrected chi connectivity index (χ4v) is 4.72. The third-order valence-corrected chi connectivity index (χ3v) is 6.57. The number of hydrogen-bond donors (Lipinski definition) is 1. The number of rotatable bonds is 8. The minimum Gasteiger partial charge on any atom is -0.497 e. The number of nitrogens with one attached hydrogen (secondary N) is 1. The minimum atomic E-state index is -0.224. The molecule has 1 fully saturated rings. The molecule has 0 spiro atoms. The van der Waals surface area contributed by atoms with Crippen LogP contribution in [0.3, 0.4) is 0 Å². The van der Waals surface area contributed by atoms with Crippen molar-refractivity contribution in [3.05, 3.63) is 87.6 Å². The molecule has 1 saturated heterocycles. The number of hydrogen-bond acceptors (Lipinski definition) is 5. The highest BCUT2D eigenvalue weighted by Crippen LogP contribution is 2.26. The number of methoxy groups -OCH3 is 1. The Morgan fingerprint density at radius 1 is 1.00 bits per heavy atom. The first-order valence-corrected chi connectivity index (χ1v) is 11.4. The summed E-state index contributed by atoms with van der Waals surface area (Å²) in [6.45, 7) is 2.51. The molecule has 1 amide bonds. The molecule has 1 atom stereocenters. The number of likely N-dealkylation sites (tertiary alicyclic amines) is 1. The van der Waals surface area contributed by atoms with Crippen LogP contribution in [0.2, 0.25) is 0 Å². The van der Waals surface area contributed by atoms with Crippen molar-refractivity contribution in [2.24, 2.45) is 0 Å². The fourth-order valence-electron chi connectivity index (χ4n) is 4.04. The molecule has 0 aliphatic carbocycles. The van der Waals surface area contributed by atoms with Gasteiger partial charge in [0.1, 0.15) is 5.75 Å². The van der Waals surface area contributed by atoms with E-state index < -0.39 is 0 Å². The number of carbonyl (C=O) groups is 2. The van der Waals surface area contributed by atoms with Gasteiger partial charge in [-0.25, -0.2) is 0 Å². The molecule has 1 unspecified atom stereocenters. The van der Waals surface area contributed by atoms with Gasteiger partial charge in [-0.15, -0.1) is 11.3 Å². The maximum atomic E-state index is 13.1. The van der Waals surface area contributed by atoms with Crippen molar-refractivity contribution in [1.82, 2.24) is 10.2 Å². The Labute approximate surface area is 186 Å². The highest BCUT2D eigenvalue weighted by atomic mass is 32.1. The first-order valence-electron chi connectivity index (χ1n) is 10.5. The average Bonchev–Trinajstić information content (AvgIpc) is 3.54. The van der Waals surface area contributed by atoms with Crippen LogP contribution < -0.4 is 10.1 Å². The summed E-state index contributed by atoms with van der Waals surface area (Å²) in [6, 6.07) is 18.8. The van der Waals surface area contributed by atoms with Crippen LogP contribution in [-0.4, -0.2) is 43.3 Å². The summed E-state index contributed by atoms with van der Waals surface area (Å²) >= 11 is 1.38. The fraction of sp³-hybridized carbons (Fsp3) is 0.280. The van der Waals surface area contributed by atoms with Gasteiger partial charge >= 0.3 is 0 Å². The van der Waals surface area contributed by atoms with E-state index in [9.17, 15) is 9.59 Å². The van der Waals surface area contributed by atoms with Crippen molar-refractivity contribution in [2.45, 2.75) is 18.9 Å². The molecule has 5 nitrogen and oxygen atoms in total. The number of benzene rings is 2. The van der Waals surface area contributed by atoms with Gasteiger partial charge in [0, 0.05) is 12.1 Å². The van der Waals surface area contributed by atoms with E-state index in [1.165, 1.54) is 24.2 Å². The Hall–Kier alpha value is -2.96. The zero-order valence-corrected chi connectivity index (χ0v) is 18.4. The Bertz CT molecular complexity index is 1030. The number of amides is 1. The molecule has 0 saturated carbocycles. The summed E-state index contributed by atoms with van der Waals surface area (Å²) in [5, 5.41) is 4.95. The van der Waals surface area contributed by atoms with Crippen LogP contribution in [0.15, 0.2) is 66.0 Å². The van der Waals surface area contributed by atoms with Gasteiger partial charge in [-0.3, -0.25) is 14.5 Å². The average molecular weight is 435 g/mol. The monoisotopic (exact) mass is 434 g/mol. The highest BCUT2D eigenvalue weighted by Gasteiger charge is 2.25. The normalized spacial score (nSPS) is 14.9. The predicted octanol–water partition coefficient (Wildman–Crippen LogP) is 4.55. The van der Waals surface area contributed by atoms with E-state index in [0.29, 0.717) is 22.5 Å². The lowest BCUT2D eigenvalue weighted by Gasteiger charge is -2.28. The van der Waals surface area contributed by atoms with Crippen LogP contribution in [0.25, 0.3) is 0 Å². The second kappa shape index (κ2) is 9.90. The van der Waals surface area contributed by atoms with E-state index in [0.717, 1.165) is 24.4 Å². The Morgan fingerprint density at radius 3 is 2.35 bits per heavy atom. The molecule has 1 aliphatic heterocycles. The third-order valence-electron chi connectivity index (χ3n) is 5.70. The van der Waals surface area contributed by atoms with Crippen LogP contribution in [0.1, 0.15) is 50.0 Å². The summed E-state index contributed by atoms with van der Waals surface area (Å²) in [6.07, 6.45) is 2.33. The van der Waals surface area contributed by atoms with Gasteiger partial charge < -0.3 is 10.1 Å². The van der Waals surface area contributed by atoms with Crippen LogP contribution in [0.4, 0.5) is 0 Å². The maximum Gasteiger partial charge on any atom is 0.252 e. The lowest BCUT2D eigenvalue weighted by Crippen LogP contribution is -2.37. The molecule has 2 heterocycles. The number of thiophene rings is 1. The second-order valence-corrected chi connectivity index (χ2v) is 8.54. The molecule has 1 aromatic heterocycles. The molecule has 160 valence electrons. The van der Waals surface area contributed by atoms with E-state index >= 15 is 0 Å². The van der Waals surface area contributed by atoms with E-state index in [4.69, 9.17) is 4.74 Å². The van der Waals surface area contributed by atoms with E-state index in [1.807, 2.05) is 23.6 Å². The standard InChI is InChI=1S/C25H26N2O3S/c1-30-19-12-10-18(11-13-19)22(27-14-4-5-15-27)17-26-25(29)21-8-3-2-7-20(21)24(28)23-9-6-16-31-23/h2-3,6-13,16,22H,4-5,14-15,17H2,1H3,(H,26,29). The second-order valence-electron chi connectivity index (χ2n) is 7.59. The Kier molecular flexibility index (Phi) is 6.79. The molecule has 0 bridgehead atoms. The molecule has 3 aromatic rings. The molecular weight excluding hydrogens is 408 g/mol. The van der Waals surface area contributed by atoms with Crippen LogP contribution in [0.5, 0.6) is 5.75 Å². The molecule has 31 heavy (non-hydrogen) atoms. The van der Waals surface area contributed by atoms with Gasteiger partial charge in [-0.2, -0.15) is 0 Å². The SMILES string of the molecule is COc1ccc(C(CNC(=O)c2ccccc2C(=O)c2cccs2)N2CCCC2)cc1. The molecule has 1 N–H and O–H groups in total. The number of ether oxygens (including phenoxy) is 1. The van der Waals surface area contributed by atoms with Crippen molar-refractivity contribution >= 4 is 23.0 Å². The molecule has 6 heteroatoms. The Morgan fingerprint density at radius 2 is 1.71 bits per heavy atom. The minimum absolute atomic E-state index is 0.0810. The van der Waals surface area contributed by atoms with Crippen molar-refractivity contribution in [3.63, 3.8) is 0 Å². The van der Waals surface area contributed by atoms with E-state index in [-0.39, 0.29) is 17.7 Å². The molecule has 1 aliphatic rings. The highest BCUT2D eigenvalue weighted by molar-refractivity contribution is 7.12. The van der Waals surface area contributed by atoms with Crippen LogP contribution >= 0.6 is 11.3 Å². The van der Waals surface area contributed by atoms with Crippen LogP contribution in [0, 0.1) is 0 Å². The summed E-state index contributed by atoms with van der Waals surface area (Å²) in [5.41, 5.74) is 1.99. The van der Waals surface area contributed by atoms with E-state index in [2.05, 4.69) is 22.3 Å². The number of carbonyl (C=O) groups excluding carboxylic acids is 2. The van der Waals surface area contributed by atoms with Crippen molar-refractivity contribution < 1.29 is 14.3 Å². The summed E-state index contributed by atoms with van der Waals surface area (Å²) in [5.74, 6) is 0.471. The van der Waals surface area contributed by atoms with Gasteiger partial charge in [-0.1, -0.05) is 36.4 Å². The van der Waals surface area contributed by atoms with Crippen LogP contribution in [-0.2, 0) is 0 Å². The first kappa shape index (κ1) is 21.3. The predicted molar refractivity (Wildman–Crippen MR) is 123 cm³/mol. The largest absolute Gasteiger partial charge is 0.497 e.